The Hall–Kier alpha value is -4.65. The van der Waals surface area contributed by atoms with Crippen LogP contribution < -0.4 is 19.3 Å². The van der Waals surface area contributed by atoms with E-state index >= 15 is 0 Å². The number of ether oxygens (including phenoxy) is 3. The summed E-state index contributed by atoms with van der Waals surface area (Å²) in [5, 5.41) is 1.05. The molecule has 5 aromatic carbocycles. The molecule has 7 rings (SSSR count). The summed E-state index contributed by atoms with van der Waals surface area (Å²) < 4.78 is 19.3. The van der Waals surface area contributed by atoms with Crippen LogP contribution >= 0.6 is 23.2 Å². The third-order valence-electron chi connectivity index (χ3n) is 8.78. The number of carbonyl (C=O) groups is 1. The summed E-state index contributed by atoms with van der Waals surface area (Å²) in [4.78, 5) is 18.0. The van der Waals surface area contributed by atoms with Gasteiger partial charge in [-0.25, -0.2) is 4.79 Å². The maximum atomic E-state index is 13.6. The van der Waals surface area contributed by atoms with Crippen molar-refractivity contribution < 1.29 is 19.0 Å². The zero-order valence-electron chi connectivity index (χ0n) is 26.4. The first-order valence-corrected chi connectivity index (χ1v) is 16.6. The van der Waals surface area contributed by atoms with Crippen LogP contribution in [0.4, 0.5) is 22.7 Å². The standard InChI is InChI=1S/C39H34Cl2N2O4/c1-4-20-42(21-5-2)25-18-19-28-35(22-25)46-36-24-37(45-3)34(23-29(36)39(28)27-13-7-6-12-26(27)38(44)47-39)43(32-16-10-8-14-30(32)40)33-17-11-9-15-31(33)41/h6-19,22-24H,4-5,20-21H2,1-3H3. The van der Waals surface area contributed by atoms with E-state index in [1.807, 2.05) is 95.9 Å². The van der Waals surface area contributed by atoms with E-state index in [0.29, 0.717) is 55.5 Å². The fourth-order valence-corrected chi connectivity index (χ4v) is 7.22. The molecule has 2 aliphatic rings. The summed E-state index contributed by atoms with van der Waals surface area (Å²) in [5.41, 5.74) is 4.50. The van der Waals surface area contributed by atoms with E-state index in [2.05, 4.69) is 30.9 Å². The Morgan fingerprint density at radius 3 is 1.96 bits per heavy atom. The van der Waals surface area contributed by atoms with Crippen LogP contribution in [-0.2, 0) is 10.3 Å². The molecule has 238 valence electrons. The van der Waals surface area contributed by atoms with Crippen molar-refractivity contribution >= 4 is 51.9 Å². The molecule has 0 radical (unpaired) electrons. The van der Waals surface area contributed by atoms with Crippen LogP contribution in [0.5, 0.6) is 17.2 Å². The molecule has 5 aromatic rings. The zero-order valence-corrected chi connectivity index (χ0v) is 27.9. The van der Waals surface area contributed by atoms with Gasteiger partial charge in [-0.05, 0) is 61.4 Å². The molecular formula is C39H34Cl2N2O4. The number of hydrogen-bond donors (Lipinski definition) is 0. The maximum Gasteiger partial charge on any atom is 0.340 e. The molecule has 2 aliphatic heterocycles. The Bertz CT molecular complexity index is 1940. The number of hydrogen-bond acceptors (Lipinski definition) is 6. The van der Waals surface area contributed by atoms with Gasteiger partial charge in [0, 0.05) is 47.6 Å². The van der Waals surface area contributed by atoms with E-state index in [4.69, 9.17) is 37.4 Å². The van der Waals surface area contributed by atoms with Crippen molar-refractivity contribution in [3.8, 4) is 17.2 Å². The average Bonchev–Trinajstić information content (AvgIpc) is 3.38. The second-order valence-corrected chi connectivity index (χ2v) is 12.5. The first kappa shape index (κ1) is 31.0. The number of carbonyl (C=O) groups excluding carboxylic acids is 1. The van der Waals surface area contributed by atoms with Gasteiger partial charge in [0.25, 0.3) is 0 Å². The molecule has 1 unspecified atom stereocenters. The number of methoxy groups -OCH3 is 1. The minimum absolute atomic E-state index is 0.395. The summed E-state index contributed by atoms with van der Waals surface area (Å²) in [6.07, 6.45) is 2.03. The first-order chi connectivity index (χ1) is 22.9. The topological polar surface area (TPSA) is 51.2 Å². The van der Waals surface area contributed by atoms with Crippen molar-refractivity contribution in [2.24, 2.45) is 0 Å². The monoisotopic (exact) mass is 664 g/mol. The highest BCUT2D eigenvalue weighted by molar-refractivity contribution is 6.35. The van der Waals surface area contributed by atoms with E-state index in [9.17, 15) is 4.79 Å². The molecule has 1 atom stereocenters. The fraction of sp³-hybridized carbons (Fsp3) is 0.205. The molecule has 1 spiro atoms. The Labute approximate surface area is 285 Å². The molecule has 0 aromatic heterocycles. The average molecular weight is 666 g/mol. The van der Waals surface area contributed by atoms with Gasteiger partial charge in [0.15, 0.2) is 5.60 Å². The lowest BCUT2D eigenvalue weighted by Gasteiger charge is -2.38. The molecule has 47 heavy (non-hydrogen) atoms. The molecule has 0 aliphatic carbocycles. The number of halogens is 2. The molecule has 0 N–H and O–H groups in total. The minimum atomic E-state index is -1.27. The van der Waals surface area contributed by atoms with E-state index in [0.717, 1.165) is 42.7 Å². The van der Waals surface area contributed by atoms with E-state index in [1.165, 1.54) is 0 Å². The van der Waals surface area contributed by atoms with E-state index in [-0.39, 0.29) is 0 Å². The van der Waals surface area contributed by atoms with Gasteiger partial charge in [0.1, 0.15) is 17.2 Å². The molecule has 0 fully saturated rings. The summed E-state index contributed by atoms with van der Waals surface area (Å²) >= 11 is 13.7. The molecule has 0 amide bonds. The third kappa shape index (κ3) is 5.07. The number of para-hydroxylation sites is 2. The predicted octanol–water partition coefficient (Wildman–Crippen LogP) is 10.7. The van der Waals surface area contributed by atoms with Gasteiger partial charge in [0.2, 0.25) is 0 Å². The fourth-order valence-electron chi connectivity index (χ4n) is 6.78. The van der Waals surface area contributed by atoms with Crippen molar-refractivity contribution in [1.82, 2.24) is 0 Å². The van der Waals surface area contributed by atoms with Crippen LogP contribution in [0.2, 0.25) is 10.0 Å². The lowest BCUT2D eigenvalue weighted by Crippen LogP contribution is -2.33. The quantitative estimate of drug-likeness (QED) is 0.146. The SMILES string of the molecule is CCCN(CCC)c1ccc2c(c1)Oc1cc(OC)c(N(c3ccccc3Cl)c3ccccc3Cl)cc1C21OC(=O)c2ccccc21. The second-order valence-electron chi connectivity index (χ2n) is 11.6. The summed E-state index contributed by atoms with van der Waals surface area (Å²) in [6, 6.07) is 32.7. The molecule has 6 nitrogen and oxygen atoms in total. The smallest absolute Gasteiger partial charge is 0.340 e. The molecule has 0 bridgehead atoms. The summed E-state index contributed by atoms with van der Waals surface area (Å²) in [5.74, 6) is 1.28. The first-order valence-electron chi connectivity index (χ1n) is 15.8. The van der Waals surface area contributed by atoms with Gasteiger partial charge >= 0.3 is 5.97 Å². The zero-order chi connectivity index (χ0) is 32.7. The highest BCUT2D eigenvalue weighted by Crippen LogP contribution is 2.59. The van der Waals surface area contributed by atoms with Gasteiger partial charge in [-0.15, -0.1) is 0 Å². The number of fused-ring (bicyclic) bond motifs is 6. The number of rotatable bonds is 9. The van der Waals surface area contributed by atoms with Crippen LogP contribution in [0.15, 0.2) is 103 Å². The van der Waals surface area contributed by atoms with Crippen molar-refractivity contribution in [3.05, 3.63) is 135 Å². The highest BCUT2D eigenvalue weighted by Gasteiger charge is 2.54. The predicted molar refractivity (Wildman–Crippen MR) is 189 cm³/mol. The van der Waals surface area contributed by atoms with Crippen LogP contribution in [-0.4, -0.2) is 26.2 Å². The summed E-state index contributed by atoms with van der Waals surface area (Å²) in [7, 11) is 1.62. The molecular weight excluding hydrogens is 631 g/mol. The minimum Gasteiger partial charge on any atom is -0.494 e. The lowest BCUT2D eigenvalue weighted by molar-refractivity contribution is 0.0224. The maximum absolute atomic E-state index is 13.6. The van der Waals surface area contributed by atoms with Crippen molar-refractivity contribution in [1.29, 1.82) is 0 Å². The largest absolute Gasteiger partial charge is 0.494 e. The Morgan fingerprint density at radius 1 is 0.702 bits per heavy atom. The molecule has 0 saturated heterocycles. The molecule has 2 heterocycles. The van der Waals surface area contributed by atoms with E-state index in [1.54, 1.807) is 7.11 Å². The Morgan fingerprint density at radius 2 is 1.32 bits per heavy atom. The highest BCUT2D eigenvalue weighted by atomic mass is 35.5. The van der Waals surface area contributed by atoms with Gasteiger partial charge in [-0.1, -0.05) is 79.5 Å². The second kappa shape index (κ2) is 12.5. The van der Waals surface area contributed by atoms with Gasteiger partial charge in [0.05, 0.1) is 39.8 Å². The van der Waals surface area contributed by atoms with Crippen LogP contribution in [0.3, 0.4) is 0 Å². The summed E-state index contributed by atoms with van der Waals surface area (Å²) in [6.45, 7) is 6.19. The van der Waals surface area contributed by atoms with Gasteiger partial charge in [-0.2, -0.15) is 0 Å². The number of nitrogens with zero attached hydrogens (tertiary/aromatic N) is 2. The van der Waals surface area contributed by atoms with Crippen molar-refractivity contribution in [2.75, 3.05) is 30.0 Å². The normalized spacial score (nSPS) is 15.7. The number of esters is 1. The molecule has 8 heteroatoms. The third-order valence-corrected chi connectivity index (χ3v) is 9.42. The van der Waals surface area contributed by atoms with Crippen LogP contribution in [0.1, 0.15) is 53.7 Å². The van der Waals surface area contributed by atoms with Gasteiger partial charge < -0.3 is 24.0 Å². The number of benzene rings is 5. The molecule has 0 saturated carbocycles. The van der Waals surface area contributed by atoms with Crippen molar-refractivity contribution in [3.63, 3.8) is 0 Å². The Balaban J connectivity index is 1.51. The van der Waals surface area contributed by atoms with Crippen LogP contribution in [0.25, 0.3) is 0 Å². The van der Waals surface area contributed by atoms with Gasteiger partial charge in [-0.3, -0.25) is 0 Å². The van der Waals surface area contributed by atoms with Crippen molar-refractivity contribution in [2.45, 2.75) is 32.3 Å². The number of anilines is 4. The lowest BCUT2D eigenvalue weighted by atomic mass is 9.77. The van der Waals surface area contributed by atoms with Crippen LogP contribution in [0, 0.1) is 0 Å². The van der Waals surface area contributed by atoms with E-state index < -0.39 is 11.6 Å². The Kier molecular flexibility index (Phi) is 8.25.